The van der Waals surface area contributed by atoms with Gasteiger partial charge in [0.25, 0.3) is 0 Å². The van der Waals surface area contributed by atoms with E-state index in [0.29, 0.717) is 11.4 Å². The Labute approximate surface area is 171 Å². The zero-order chi connectivity index (χ0) is 21.1. The van der Waals surface area contributed by atoms with E-state index in [1.807, 2.05) is 6.07 Å². The molecular formula is C22H16FN3O4. The standard InChI is InChI=1S/C22H16FN3O4/c23-16-4-5-19(30-22-3-1-2-17-10-15(13-24)14-26(17)22)20(11-16)29-9-8-25-7-6-18(27)12-21(25)28/h1-7,10-11,14H,8-9,12H2. The zero-order valence-corrected chi connectivity index (χ0v) is 15.7. The molecule has 4 rings (SSSR count). The van der Waals surface area contributed by atoms with Gasteiger partial charge in [0.15, 0.2) is 17.3 Å². The Morgan fingerprint density at radius 2 is 2.00 bits per heavy atom. The summed E-state index contributed by atoms with van der Waals surface area (Å²) in [4.78, 5) is 24.5. The van der Waals surface area contributed by atoms with E-state index < -0.39 is 5.82 Å². The average molecular weight is 405 g/mol. The number of ether oxygens (including phenoxy) is 2. The van der Waals surface area contributed by atoms with Gasteiger partial charge in [-0.3, -0.25) is 14.0 Å². The van der Waals surface area contributed by atoms with Crippen molar-refractivity contribution in [2.24, 2.45) is 0 Å². The number of pyridine rings is 1. The number of halogens is 1. The first-order valence-corrected chi connectivity index (χ1v) is 9.15. The molecular weight excluding hydrogens is 389 g/mol. The van der Waals surface area contributed by atoms with Gasteiger partial charge in [0.2, 0.25) is 11.8 Å². The minimum atomic E-state index is -0.497. The van der Waals surface area contributed by atoms with Crippen LogP contribution in [0, 0.1) is 17.1 Å². The van der Waals surface area contributed by atoms with Crippen LogP contribution in [0.2, 0.25) is 0 Å². The maximum Gasteiger partial charge on any atom is 0.234 e. The number of ketones is 1. The highest BCUT2D eigenvalue weighted by Gasteiger charge is 2.19. The fourth-order valence-electron chi connectivity index (χ4n) is 3.06. The first-order valence-electron chi connectivity index (χ1n) is 9.15. The normalized spacial score (nSPS) is 13.5. The molecule has 150 valence electrons. The SMILES string of the molecule is N#Cc1cc2cccc(Oc3ccc(F)cc3OCCN3C=CC(=O)CC3=O)n2c1. The van der Waals surface area contributed by atoms with E-state index in [-0.39, 0.29) is 42.8 Å². The number of fused-ring (bicyclic) bond motifs is 1. The molecule has 0 radical (unpaired) electrons. The average Bonchev–Trinajstić information content (AvgIpc) is 3.16. The van der Waals surface area contributed by atoms with Crippen molar-refractivity contribution >= 4 is 17.2 Å². The second kappa shape index (κ2) is 8.09. The topological polar surface area (TPSA) is 84.0 Å². The molecule has 0 unspecified atom stereocenters. The fraction of sp³-hybridized carbons (Fsp3) is 0.136. The van der Waals surface area contributed by atoms with Crippen molar-refractivity contribution in [1.82, 2.24) is 9.30 Å². The Morgan fingerprint density at radius 1 is 1.13 bits per heavy atom. The third-order valence-electron chi connectivity index (χ3n) is 4.52. The molecule has 1 aromatic carbocycles. The Bertz CT molecular complexity index is 1210. The number of rotatable bonds is 6. The Hall–Kier alpha value is -4.12. The number of allylic oxidation sites excluding steroid dienone is 1. The number of aromatic nitrogens is 1. The molecule has 30 heavy (non-hydrogen) atoms. The van der Waals surface area contributed by atoms with Gasteiger partial charge >= 0.3 is 0 Å². The van der Waals surface area contributed by atoms with Crippen molar-refractivity contribution in [3.05, 3.63) is 72.3 Å². The van der Waals surface area contributed by atoms with Crippen LogP contribution in [0.3, 0.4) is 0 Å². The Balaban J connectivity index is 1.52. The lowest BCUT2D eigenvalue weighted by Crippen LogP contribution is -2.34. The van der Waals surface area contributed by atoms with Crippen molar-refractivity contribution in [2.75, 3.05) is 13.2 Å². The second-order valence-corrected chi connectivity index (χ2v) is 6.59. The molecule has 0 saturated carbocycles. The molecule has 8 heteroatoms. The lowest BCUT2D eigenvalue weighted by molar-refractivity contribution is -0.133. The van der Waals surface area contributed by atoms with Crippen LogP contribution in [0.25, 0.3) is 5.52 Å². The van der Waals surface area contributed by atoms with Crippen LogP contribution in [-0.2, 0) is 9.59 Å². The molecule has 1 aliphatic heterocycles. The number of hydrogen-bond acceptors (Lipinski definition) is 5. The number of benzene rings is 1. The summed E-state index contributed by atoms with van der Waals surface area (Å²) in [5, 5.41) is 9.11. The van der Waals surface area contributed by atoms with E-state index in [0.717, 1.165) is 5.52 Å². The van der Waals surface area contributed by atoms with E-state index in [1.165, 1.54) is 35.4 Å². The third kappa shape index (κ3) is 4.00. The number of hydrogen-bond donors (Lipinski definition) is 0. The summed E-state index contributed by atoms with van der Waals surface area (Å²) < 4.78 is 27.1. The van der Waals surface area contributed by atoms with Gasteiger partial charge in [0.1, 0.15) is 18.5 Å². The van der Waals surface area contributed by atoms with Crippen molar-refractivity contribution in [3.63, 3.8) is 0 Å². The zero-order valence-electron chi connectivity index (χ0n) is 15.7. The quantitative estimate of drug-likeness (QED) is 0.587. The number of amides is 1. The summed E-state index contributed by atoms with van der Waals surface area (Å²) in [5.74, 6) is -0.164. The third-order valence-corrected chi connectivity index (χ3v) is 4.52. The van der Waals surface area contributed by atoms with Crippen molar-refractivity contribution in [2.45, 2.75) is 6.42 Å². The highest BCUT2D eigenvalue weighted by Crippen LogP contribution is 2.33. The Kier molecular flexibility index (Phi) is 5.18. The minimum Gasteiger partial charge on any atom is -0.488 e. The predicted octanol–water partition coefficient (Wildman–Crippen LogP) is 3.44. The maximum atomic E-state index is 13.8. The van der Waals surface area contributed by atoms with E-state index in [1.54, 1.807) is 28.8 Å². The van der Waals surface area contributed by atoms with Gasteiger partial charge in [-0.15, -0.1) is 0 Å². The molecule has 0 spiro atoms. The van der Waals surface area contributed by atoms with E-state index in [4.69, 9.17) is 14.7 Å². The molecule has 7 nitrogen and oxygen atoms in total. The van der Waals surface area contributed by atoms with Crippen LogP contribution >= 0.6 is 0 Å². The van der Waals surface area contributed by atoms with Crippen LogP contribution in [0.1, 0.15) is 12.0 Å². The summed E-state index contributed by atoms with van der Waals surface area (Å²) in [6.07, 6.45) is 4.23. The van der Waals surface area contributed by atoms with Crippen molar-refractivity contribution < 1.29 is 23.5 Å². The van der Waals surface area contributed by atoms with Gasteiger partial charge < -0.3 is 14.4 Å². The van der Waals surface area contributed by atoms with Gasteiger partial charge in [-0.05, 0) is 36.4 Å². The molecule has 0 aliphatic carbocycles. The second-order valence-electron chi connectivity index (χ2n) is 6.59. The Morgan fingerprint density at radius 3 is 2.80 bits per heavy atom. The molecule has 2 aromatic heterocycles. The molecule has 3 aromatic rings. The molecule has 1 aliphatic rings. The van der Waals surface area contributed by atoms with Gasteiger partial charge in [0, 0.05) is 24.0 Å². The first kappa shape index (κ1) is 19.2. The summed E-state index contributed by atoms with van der Waals surface area (Å²) >= 11 is 0. The van der Waals surface area contributed by atoms with E-state index in [9.17, 15) is 14.0 Å². The minimum absolute atomic E-state index is 0.0797. The van der Waals surface area contributed by atoms with Gasteiger partial charge in [0.05, 0.1) is 18.5 Å². The van der Waals surface area contributed by atoms with E-state index >= 15 is 0 Å². The lowest BCUT2D eigenvalue weighted by Gasteiger charge is -2.21. The monoisotopic (exact) mass is 405 g/mol. The lowest BCUT2D eigenvalue weighted by atomic mass is 10.2. The highest BCUT2D eigenvalue weighted by atomic mass is 19.1. The van der Waals surface area contributed by atoms with Gasteiger partial charge in [-0.25, -0.2) is 4.39 Å². The number of carbonyl (C=O) groups excluding carboxylic acids is 2. The number of carbonyl (C=O) groups is 2. The molecule has 0 atom stereocenters. The summed E-state index contributed by atoms with van der Waals surface area (Å²) in [6, 6.07) is 13.0. The fourth-order valence-corrected chi connectivity index (χ4v) is 3.06. The smallest absolute Gasteiger partial charge is 0.234 e. The van der Waals surface area contributed by atoms with Crippen LogP contribution in [-0.4, -0.2) is 34.1 Å². The predicted molar refractivity (Wildman–Crippen MR) is 105 cm³/mol. The number of nitrogens with zero attached hydrogens (tertiary/aromatic N) is 3. The molecule has 0 N–H and O–H groups in total. The molecule has 0 bridgehead atoms. The molecule has 0 fully saturated rings. The van der Waals surface area contributed by atoms with E-state index in [2.05, 4.69) is 6.07 Å². The van der Waals surface area contributed by atoms with Crippen molar-refractivity contribution in [1.29, 1.82) is 5.26 Å². The van der Waals surface area contributed by atoms with Gasteiger partial charge in [-0.1, -0.05) is 6.07 Å². The van der Waals surface area contributed by atoms with Gasteiger partial charge in [-0.2, -0.15) is 5.26 Å². The largest absolute Gasteiger partial charge is 0.488 e. The maximum absolute atomic E-state index is 13.8. The van der Waals surface area contributed by atoms with Crippen LogP contribution in [0.4, 0.5) is 4.39 Å². The highest BCUT2D eigenvalue weighted by molar-refractivity contribution is 6.06. The summed E-state index contributed by atoms with van der Waals surface area (Å²) in [5.41, 5.74) is 1.26. The number of nitriles is 1. The van der Waals surface area contributed by atoms with Crippen LogP contribution in [0.5, 0.6) is 17.4 Å². The molecule has 0 saturated heterocycles. The molecule has 1 amide bonds. The summed E-state index contributed by atoms with van der Waals surface area (Å²) in [7, 11) is 0. The van der Waals surface area contributed by atoms with Crippen LogP contribution in [0.15, 0.2) is 60.9 Å². The summed E-state index contributed by atoms with van der Waals surface area (Å²) in [6.45, 7) is 0.285. The first-order chi connectivity index (χ1) is 14.5. The van der Waals surface area contributed by atoms with Crippen molar-refractivity contribution in [3.8, 4) is 23.4 Å². The molecule has 3 heterocycles. The van der Waals surface area contributed by atoms with Crippen LogP contribution < -0.4 is 9.47 Å².